The zero-order chi connectivity index (χ0) is 9.80. The summed E-state index contributed by atoms with van der Waals surface area (Å²) < 4.78 is 0. The van der Waals surface area contributed by atoms with E-state index in [1.807, 2.05) is 35.4 Å². The molecule has 1 heterocycles. The lowest BCUT2D eigenvalue weighted by Gasteiger charge is -2.14. The number of benzene rings is 1. The van der Waals surface area contributed by atoms with Crippen molar-refractivity contribution in [1.82, 2.24) is 5.06 Å². The molecular weight excluding hydrogens is 176 g/mol. The molecule has 0 aliphatic carbocycles. The average Bonchev–Trinajstić information content (AvgIpc) is 3.03. The first-order chi connectivity index (χ1) is 6.90. The van der Waals surface area contributed by atoms with Gasteiger partial charge in [-0.1, -0.05) is 30.3 Å². The third kappa shape index (κ3) is 2.32. The fourth-order valence-corrected chi connectivity index (χ4v) is 1.29. The monoisotopic (exact) mass is 188 g/mol. The number of hydrogen-bond donors (Lipinski definition) is 0. The van der Waals surface area contributed by atoms with E-state index in [2.05, 4.69) is 6.07 Å². The van der Waals surface area contributed by atoms with Crippen LogP contribution in [0.3, 0.4) is 0 Å². The van der Waals surface area contributed by atoms with Crippen molar-refractivity contribution >= 4 is 0 Å². The van der Waals surface area contributed by atoms with Crippen LogP contribution in [-0.4, -0.2) is 18.2 Å². The minimum atomic E-state index is -0.108. The van der Waals surface area contributed by atoms with Crippen LogP contribution >= 0.6 is 0 Å². The molecule has 0 N–H and O–H groups in total. The van der Waals surface area contributed by atoms with Crippen LogP contribution in [0.25, 0.3) is 0 Å². The molecule has 3 heteroatoms. The van der Waals surface area contributed by atoms with E-state index >= 15 is 0 Å². The van der Waals surface area contributed by atoms with E-state index in [0.29, 0.717) is 6.42 Å². The van der Waals surface area contributed by atoms with E-state index in [1.54, 1.807) is 0 Å². The van der Waals surface area contributed by atoms with Gasteiger partial charge in [0.1, 0.15) is 6.10 Å². The Kier molecular flexibility index (Phi) is 2.78. The van der Waals surface area contributed by atoms with Gasteiger partial charge in [-0.2, -0.15) is 10.3 Å². The Hall–Kier alpha value is -1.37. The fourth-order valence-electron chi connectivity index (χ4n) is 1.29. The lowest BCUT2D eigenvalue weighted by Crippen LogP contribution is -2.08. The predicted molar refractivity (Wildman–Crippen MR) is 52.1 cm³/mol. The molecule has 3 nitrogen and oxygen atoms in total. The molecule has 0 radical (unpaired) electrons. The van der Waals surface area contributed by atoms with Gasteiger partial charge in [0.05, 0.1) is 12.5 Å². The molecule has 0 spiro atoms. The maximum Gasteiger partial charge on any atom is 0.117 e. The van der Waals surface area contributed by atoms with Gasteiger partial charge in [-0.25, -0.2) is 0 Å². The van der Waals surface area contributed by atoms with Crippen molar-refractivity contribution in [1.29, 1.82) is 5.26 Å². The molecule has 72 valence electrons. The summed E-state index contributed by atoms with van der Waals surface area (Å²) in [5.74, 6) is 0. The first kappa shape index (κ1) is 9.20. The molecule has 2 rings (SSSR count). The van der Waals surface area contributed by atoms with Gasteiger partial charge in [0.15, 0.2) is 0 Å². The molecule has 0 saturated carbocycles. The quantitative estimate of drug-likeness (QED) is 0.677. The molecular formula is C11H12N2O. The van der Waals surface area contributed by atoms with Crippen LogP contribution in [0, 0.1) is 11.3 Å². The molecule has 0 amide bonds. The summed E-state index contributed by atoms with van der Waals surface area (Å²) in [6.07, 6.45) is 0.296. The van der Waals surface area contributed by atoms with Crippen LogP contribution in [-0.2, 0) is 4.84 Å². The standard InChI is InChI=1S/C11H12N2O/c12-7-6-11(14-13-8-9-13)10-4-2-1-3-5-10/h1-5,11H,6,8-9H2. The normalized spacial score (nSPS) is 17.4. The van der Waals surface area contributed by atoms with Crippen molar-refractivity contribution in [2.24, 2.45) is 0 Å². The van der Waals surface area contributed by atoms with Crippen molar-refractivity contribution in [3.8, 4) is 6.07 Å². The second kappa shape index (κ2) is 4.23. The third-order valence-corrected chi connectivity index (χ3v) is 2.13. The summed E-state index contributed by atoms with van der Waals surface area (Å²) in [6, 6.07) is 12.0. The smallest absolute Gasteiger partial charge is 0.117 e. The van der Waals surface area contributed by atoms with Gasteiger partial charge >= 0.3 is 0 Å². The fraction of sp³-hybridized carbons (Fsp3) is 0.364. The van der Waals surface area contributed by atoms with Gasteiger partial charge in [-0.15, -0.1) is 0 Å². The molecule has 1 saturated heterocycles. The predicted octanol–water partition coefficient (Wildman–Crippen LogP) is 1.89. The zero-order valence-corrected chi connectivity index (χ0v) is 7.89. The van der Waals surface area contributed by atoms with Crippen molar-refractivity contribution in [3.05, 3.63) is 35.9 Å². The zero-order valence-electron chi connectivity index (χ0n) is 7.89. The van der Waals surface area contributed by atoms with Crippen LogP contribution in [0.4, 0.5) is 0 Å². The Morgan fingerprint density at radius 1 is 1.36 bits per heavy atom. The van der Waals surface area contributed by atoms with E-state index in [9.17, 15) is 0 Å². The SMILES string of the molecule is N#CCC(ON1CC1)c1ccccc1. The highest BCUT2D eigenvalue weighted by atomic mass is 16.7. The van der Waals surface area contributed by atoms with Crippen molar-refractivity contribution < 1.29 is 4.84 Å². The first-order valence-electron chi connectivity index (χ1n) is 4.74. The van der Waals surface area contributed by atoms with Gasteiger partial charge in [-0.3, -0.25) is 4.84 Å². The minimum Gasteiger partial charge on any atom is -0.290 e. The molecule has 1 aliphatic rings. The molecule has 1 aromatic carbocycles. The molecule has 0 aromatic heterocycles. The Balaban J connectivity index is 2.05. The van der Waals surface area contributed by atoms with Crippen LogP contribution in [0.1, 0.15) is 18.1 Å². The summed E-state index contributed by atoms with van der Waals surface area (Å²) >= 11 is 0. The molecule has 1 aliphatic heterocycles. The Bertz CT molecular complexity index is 327. The Morgan fingerprint density at radius 2 is 2.07 bits per heavy atom. The molecule has 1 atom stereocenters. The Morgan fingerprint density at radius 3 is 2.64 bits per heavy atom. The van der Waals surface area contributed by atoms with Gasteiger partial charge < -0.3 is 0 Å². The summed E-state index contributed by atoms with van der Waals surface area (Å²) in [5.41, 5.74) is 1.07. The lowest BCUT2D eigenvalue weighted by molar-refractivity contribution is -0.117. The molecule has 1 unspecified atom stereocenters. The summed E-state index contributed by atoms with van der Waals surface area (Å²) in [7, 11) is 0. The highest BCUT2D eigenvalue weighted by Crippen LogP contribution is 2.24. The number of hydroxylamine groups is 2. The van der Waals surface area contributed by atoms with Crippen LogP contribution in [0.15, 0.2) is 30.3 Å². The minimum absolute atomic E-state index is 0.108. The van der Waals surface area contributed by atoms with Crippen LogP contribution < -0.4 is 0 Å². The lowest BCUT2D eigenvalue weighted by atomic mass is 10.1. The van der Waals surface area contributed by atoms with Crippen LogP contribution in [0.5, 0.6) is 0 Å². The number of nitrogens with zero attached hydrogens (tertiary/aromatic N) is 2. The van der Waals surface area contributed by atoms with E-state index in [0.717, 1.165) is 18.7 Å². The van der Waals surface area contributed by atoms with E-state index in [-0.39, 0.29) is 6.10 Å². The highest BCUT2D eigenvalue weighted by Gasteiger charge is 2.24. The number of rotatable bonds is 4. The second-order valence-electron chi connectivity index (χ2n) is 3.30. The highest BCUT2D eigenvalue weighted by molar-refractivity contribution is 5.18. The van der Waals surface area contributed by atoms with E-state index in [4.69, 9.17) is 10.1 Å². The van der Waals surface area contributed by atoms with E-state index < -0.39 is 0 Å². The van der Waals surface area contributed by atoms with Gasteiger partial charge in [0.2, 0.25) is 0 Å². The molecule has 1 fully saturated rings. The number of hydrogen-bond acceptors (Lipinski definition) is 3. The van der Waals surface area contributed by atoms with Crippen LogP contribution in [0.2, 0.25) is 0 Å². The topological polar surface area (TPSA) is 36.0 Å². The second-order valence-corrected chi connectivity index (χ2v) is 3.30. The van der Waals surface area contributed by atoms with Gasteiger partial charge in [-0.05, 0) is 5.56 Å². The molecule has 0 bridgehead atoms. The maximum absolute atomic E-state index is 8.68. The van der Waals surface area contributed by atoms with Crippen molar-refractivity contribution in [2.75, 3.05) is 13.1 Å². The van der Waals surface area contributed by atoms with Gasteiger partial charge in [0.25, 0.3) is 0 Å². The van der Waals surface area contributed by atoms with Gasteiger partial charge in [0, 0.05) is 13.1 Å². The molecule has 14 heavy (non-hydrogen) atoms. The van der Waals surface area contributed by atoms with E-state index in [1.165, 1.54) is 0 Å². The molecule has 1 aromatic rings. The number of nitriles is 1. The average molecular weight is 188 g/mol. The van der Waals surface area contributed by atoms with Crippen molar-refractivity contribution in [2.45, 2.75) is 12.5 Å². The maximum atomic E-state index is 8.68. The summed E-state index contributed by atoms with van der Waals surface area (Å²) in [4.78, 5) is 5.60. The largest absolute Gasteiger partial charge is 0.290 e. The summed E-state index contributed by atoms with van der Waals surface area (Å²) in [5, 5.41) is 10.6. The first-order valence-corrected chi connectivity index (χ1v) is 4.74. The Labute approximate surface area is 83.5 Å². The summed E-state index contributed by atoms with van der Waals surface area (Å²) in [6.45, 7) is 1.96. The van der Waals surface area contributed by atoms with Crippen molar-refractivity contribution in [3.63, 3.8) is 0 Å². The third-order valence-electron chi connectivity index (χ3n) is 2.13.